The molecule has 2 aromatic carbocycles. The van der Waals surface area contributed by atoms with E-state index in [1.807, 2.05) is 59.0 Å². The van der Waals surface area contributed by atoms with Crippen LogP contribution in [-0.4, -0.2) is 15.5 Å². The minimum atomic E-state index is -0.318. The fraction of sp³-hybridized carbons (Fsp3) is 0.111. The summed E-state index contributed by atoms with van der Waals surface area (Å²) in [4.78, 5) is 21.3. The summed E-state index contributed by atoms with van der Waals surface area (Å²) in [7, 11) is 0. The number of para-hydroxylation sites is 2. The van der Waals surface area contributed by atoms with Gasteiger partial charge >= 0.3 is 0 Å². The number of carbonyl (C=O) groups excluding carboxylic acids is 1. The summed E-state index contributed by atoms with van der Waals surface area (Å²) in [5.41, 5.74) is 1.88. The van der Waals surface area contributed by atoms with Crippen LogP contribution in [0.4, 0.5) is 11.4 Å². The van der Waals surface area contributed by atoms with Crippen LogP contribution in [0.25, 0.3) is 0 Å². The zero-order chi connectivity index (χ0) is 15.8. The van der Waals surface area contributed by atoms with Crippen molar-refractivity contribution in [3.8, 4) is 0 Å². The molecule has 0 spiro atoms. The van der Waals surface area contributed by atoms with Crippen LogP contribution in [0.1, 0.15) is 13.0 Å². The molecule has 2 heterocycles. The van der Waals surface area contributed by atoms with Crippen molar-refractivity contribution in [2.24, 2.45) is 0 Å². The molecule has 1 atom stereocenters. The number of benzene rings is 2. The van der Waals surface area contributed by atoms with E-state index in [9.17, 15) is 4.79 Å². The van der Waals surface area contributed by atoms with Crippen molar-refractivity contribution in [2.75, 3.05) is 4.90 Å². The highest BCUT2D eigenvalue weighted by atomic mass is 32.2. The number of rotatable bonds is 2. The SMILES string of the molecule is CC(C(=O)N1c2ccccc2Sc2ccccc21)n1ccnc1. The van der Waals surface area contributed by atoms with Gasteiger partial charge < -0.3 is 4.57 Å². The predicted molar refractivity (Wildman–Crippen MR) is 91.1 cm³/mol. The summed E-state index contributed by atoms with van der Waals surface area (Å²) in [6.07, 6.45) is 5.19. The molecule has 1 aliphatic rings. The van der Waals surface area contributed by atoms with Gasteiger partial charge in [0.1, 0.15) is 6.04 Å². The Bertz CT molecular complexity index is 815. The maximum absolute atomic E-state index is 13.2. The lowest BCUT2D eigenvalue weighted by atomic mass is 10.2. The molecule has 0 fully saturated rings. The molecule has 1 aliphatic heterocycles. The van der Waals surface area contributed by atoms with Gasteiger partial charge in [0.05, 0.1) is 17.7 Å². The number of carbonyl (C=O) groups is 1. The highest BCUT2D eigenvalue weighted by Crippen LogP contribution is 2.48. The Balaban J connectivity index is 1.83. The second kappa shape index (κ2) is 5.59. The average molecular weight is 321 g/mol. The summed E-state index contributed by atoms with van der Waals surface area (Å²) in [6, 6.07) is 15.7. The predicted octanol–water partition coefficient (Wildman–Crippen LogP) is 4.27. The largest absolute Gasteiger partial charge is 0.325 e. The molecule has 23 heavy (non-hydrogen) atoms. The zero-order valence-electron chi connectivity index (χ0n) is 12.6. The van der Waals surface area contributed by atoms with Gasteiger partial charge in [-0.25, -0.2) is 4.98 Å². The van der Waals surface area contributed by atoms with E-state index in [-0.39, 0.29) is 11.9 Å². The maximum atomic E-state index is 13.2. The van der Waals surface area contributed by atoms with E-state index < -0.39 is 0 Å². The number of hydrogen-bond acceptors (Lipinski definition) is 3. The van der Waals surface area contributed by atoms with Crippen LogP contribution >= 0.6 is 11.8 Å². The Morgan fingerprint density at radius 1 is 1.04 bits per heavy atom. The summed E-state index contributed by atoms with van der Waals surface area (Å²) in [6.45, 7) is 1.90. The molecule has 0 aliphatic carbocycles. The Labute approximate surface area is 138 Å². The van der Waals surface area contributed by atoms with Gasteiger partial charge in [0.15, 0.2) is 0 Å². The highest BCUT2D eigenvalue weighted by molar-refractivity contribution is 7.99. The summed E-state index contributed by atoms with van der Waals surface area (Å²) in [5.74, 6) is 0.0307. The molecule has 0 saturated heterocycles. The Kier molecular flexibility index (Phi) is 3.42. The number of nitrogens with zero attached hydrogens (tertiary/aromatic N) is 3. The normalized spacial score (nSPS) is 14.0. The Morgan fingerprint density at radius 3 is 2.22 bits per heavy atom. The topological polar surface area (TPSA) is 38.1 Å². The Morgan fingerprint density at radius 2 is 1.65 bits per heavy atom. The van der Waals surface area contributed by atoms with E-state index >= 15 is 0 Å². The van der Waals surface area contributed by atoms with Crippen LogP contribution < -0.4 is 4.90 Å². The fourth-order valence-corrected chi connectivity index (χ4v) is 3.81. The lowest BCUT2D eigenvalue weighted by molar-refractivity contribution is -0.120. The number of anilines is 2. The standard InChI is InChI=1S/C18H15N3OS/c1-13(20-11-10-19-12-20)18(22)21-14-6-2-4-8-16(14)23-17-9-5-3-7-15(17)21/h2-13H,1H3. The summed E-state index contributed by atoms with van der Waals surface area (Å²) in [5, 5.41) is 0. The van der Waals surface area contributed by atoms with Crippen LogP contribution in [0.3, 0.4) is 0 Å². The molecule has 114 valence electrons. The molecule has 1 aromatic heterocycles. The van der Waals surface area contributed by atoms with Gasteiger partial charge in [-0.1, -0.05) is 36.0 Å². The summed E-state index contributed by atoms with van der Waals surface area (Å²) >= 11 is 1.70. The number of fused-ring (bicyclic) bond motifs is 2. The van der Waals surface area contributed by atoms with Crippen LogP contribution in [0, 0.1) is 0 Å². The Hall–Kier alpha value is -2.53. The number of hydrogen-bond donors (Lipinski definition) is 0. The first kappa shape index (κ1) is 14.1. The van der Waals surface area contributed by atoms with Crippen molar-refractivity contribution in [1.82, 2.24) is 9.55 Å². The lowest BCUT2D eigenvalue weighted by Crippen LogP contribution is -2.34. The molecule has 0 saturated carbocycles. The van der Waals surface area contributed by atoms with E-state index in [2.05, 4.69) is 17.1 Å². The maximum Gasteiger partial charge on any atom is 0.254 e. The van der Waals surface area contributed by atoms with Crippen LogP contribution in [0.2, 0.25) is 0 Å². The lowest BCUT2D eigenvalue weighted by Gasteiger charge is -2.32. The molecule has 0 N–H and O–H groups in total. The molecule has 5 heteroatoms. The first-order valence-electron chi connectivity index (χ1n) is 7.43. The summed E-state index contributed by atoms with van der Waals surface area (Å²) < 4.78 is 1.83. The second-order valence-electron chi connectivity index (χ2n) is 5.40. The molecule has 1 amide bonds. The third-order valence-electron chi connectivity index (χ3n) is 3.98. The highest BCUT2D eigenvalue weighted by Gasteiger charge is 2.31. The van der Waals surface area contributed by atoms with Gasteiger partial charge in [0.25, 0.3) is 5.91 Å². The first-order chi connectivity index (χ1) is 11.3. The minimum absolute atomic E-state index is 0.0307. The molecule has 1 unspecified atom stereocenters. The average Bonchev–Trinajstić information content (AvgIpc) is 3.13. The quantitative estimate of drug-likeness (QED) is 0.707. The van der Waals surface area contributed by atoms with Crippen molar-refractivity contribution < 1.29 is 4.79 Å². The van der Waals surface area contributed by atoms with E-state index in [0.717, 1.165) is 21.2 Å². The number of imidazole rings is 1. The van der Waals surface area contributed by atoms with Crippen molar-refractivity contribution in [3.63, 3.8) is 0 Å². The van der Waals surface area contributed by atoms with Gasteiger partial charge in [0.2, 0.25) is 0 Å². The number of aromatic nitrogens is 2. The zero-order valence-corrected chi connectivity index (χ0v) is 13.4. The van der Waals surface area contributed by atoms with Crippen molar-refractivity contribution in [3.05, 3.63) is 67.3 Å². The minimum Gasteiger partial charge on any atom is -0.325 e. The molecule has 4 nitrogen and oxygen atoms in total. The van der Waals surface area contributed by atoms with Crippen molar-refractivity contribution in [1.29, 1.82) is 0 Å². The van der Waals surface area contributed by atoms with Gasteiger partial charge in [-0.3, -0.25) is 9.69 Å². The fourth-order valence-electron chi connectivity index (χ4n) is 2.75. The molecule has 3 aromatic rings. The van der Waals surface area contributed by atoms with E-state index in [4.69, 9.17) is 0 Å². The van der Waals surface area contributed by atoms with Crippen molar-refractivity contribution in [2.45, 2.75) is 22.8 Å². The van der Waals surface area contributed by atoms with Crippen molar-refractivity contribution >= 4 is 29.0 Å². The van der Waals surface area contributed by atoms with Crippen LogP contribution in [-0.2, 0) is 4.79 Å². The second-order valence-corrected chi connectivity index (χ2v) is 6.48. The van der Waals surface area contributed by atoms with Gasteiger partial charge in [-0.05, 0) is 31.2 Å². The molecular weight excluding hydrogens is 306 g/mol. The third-order valence-corrected chi connectivity index (χ3v) is 5.11. The van der Waals surface area contributed by atoms with E-state index in [1.165, 1.54) is 0 Å². The van der Waals surface area contributed by atoms with E-state index in [0.29, 0.717) is 0 Å². The van der Waals surface area contributed by atoms with E-state index in [1.54, 1.807) is 24.3 Å². The monoisotopic (exact) mass is 321 g/mol. The molecule has 0 bridgehead atoms. The molecule has 4 rings (SSSR count). The third kappa shape index (κ3) is 2.33. The van der Waals surface area contributed by atoms with Crippen LogP contribution in [0.5, 0.6) is 0 Å². The number of amides is 1. The molecular formula is C18H15N3OS. The van der Waals surface area contributed by atoms with Gasteiger partial charge in [0, 0.05) is 22.2 Å². The van der Waals surface area contributed by atoms with Crippen LogP contribution in [0.15, 0.2) is 77.0 Å². The first-order valence-corrected chi connectivity index (χ1v) is 8.24. The molecule has 0 radical (unpaired) electrons. The van der Waals surface area contributed by atoms with Gasteiger partial charge in [-0.15, -0.1) is 0 Å². The smallest absolute Gasteiger partial charge is 0.254 e. The van der Waals surface area contributed by atoms with Gasteiger partial charge in [-0.2, -0.15) is 0 Å².